The van der Waals surface area contributed by atoms with Crippen LogP contribution in [0.2, 0.25) is 5.02 Å². The summed E-state index contributed by atoms with van der Waals surface area (Å²) in [6, 6.07) is 11.6. The lowest BCUT2D eigenvalue weighted by molar-refractivity contribution is -0.124. The number of carbonyl (C=O) groups is 1. The Morgan fingerprint density at radius 1 is 1.31 bits per heavy atom. The molecule has 0 saturated carbocycles. The molecule has 1 aliphatic rings. The molecule has 1 aliphatic heterocycles. The minimum absolute atomic E-state index is 0.0526. The van der Waals surface area contributed by atoms with E-state index in [1.807, 2.05) is 48.6 Å². The van der Waals surface area contributed by atoms with Gasteiger partial charge >= 0.3 is 0 Å². The predicted molar refractivity (Wildman–Crippen MR) is 123 cm³/mol. The van der Waals surface area contributed by atoms with Crippen LogP contribution in [0.5, 0.6) is 5.75 Å². The van der Waals surface area contributed by atoms with Crippen molar-refractivity contribution in [2.75, 3.05) is 19.7 Å². The second kappa shape index (κ2) is 10.6. The van der Waals surface area contributed by atoms with Gasteiger partial charge in [0.05, 0.1) is 5.92 Å². The number of benzene rings is 2. The van der Waals surface area contributed by atoms with E-state index in [1.165, 1.54) is 0 Å². The van der Waals surface area contributed by atoms with Crippen LogP contribution in [0.15, 0.2) is 53.5 Å². The molecule has 1 heterocycles. The largest absolute Gasteiger partial charge is 0.490 e. The molecular formula is C23H24BrClN2O2. The highest BCUT2D eigenvalue weighted by Crippen LogP contribution is 2.25. The highest BCUT2D eigenvalue weighted by atomic mass is 79.9. The van der Waals surface area contributed by atoms with Gasteiger partial charge in [-0.2, -0.15) is 0 Å². The number of ether oxygens (including phenoxy) is 1. The molecule has 2 N–H and O–H groups in total. The van der Waals surface area contributed by atoms with Crippen LogP contribution in [0.1, 0.15) is 23.1 Å². The highest BCUT2D eigenvalue weighted by molar-refractivity contribution is 9.10. The third kappa shape index (κ3) is 6.46. The van der Waals surface area contributed by atoms with Crippen LogP contribution in [0.25, 0.3) is 12.2 Å². The van der Waals surface area contributed by atoms with Crippen molar-refractivity contribution in [3.8, 4) is 5.75 Å². The average Bonchev–Trinajstić information content (AvgIpc) is 3.25. The third-order valence-electron chi connectivity index (χ3n) is 4.67. The number of nitrogens with one attached hydrogen (secondary N) is 2. The molecule has 4 nitrogen and oxygen atoms in total. The Morgan fingerprint density at radius 3 is 2.90 bits per heavy atom. The molecule has 0 bridgehead atoms. The Morgan fingerprint density at radius 2 is 2.17 bits per heavy atom. The Hall–Kier alpha value is -2.08. The van der Waals surface area contributed by atoms with E-state index < -0.39 is 0 Å². The Bertz CT molecular complexity index is 908. The molecule has 152 valence electrons. The van der Waals surface area contributed by atoms with E-state index in [-0.39, 0.29) is 11.8 Å². The molecule has 3 rings (SSSR count). The Labute approximate surface area is 185 Å². The van der Waals surface area contributed by atoms with Crippen LogP contribution in [0.3, 0.4) is 0 Å². The molecule has 1 amide bonds. The van der Waals surface area contributed by atoms with Crippen molar-refractivity contribution < 1.29 is 9.53 Å². The molecular weight excluding hydrogens is 452 g/mol. The standard InChI is InChI=1S/C23H24BrClN2O2/c1-2-9-29-21-11-16(3-4-18-5-6-20(25)13-22(18)24)10-17(12-21)14-27-23(28)19-7-8-26-15-19/h2-6,10-13,19,26H,1,7-9,14-15H2,(H,27,28)/b4-3+/t19-/m0/s1. The summed E-state index contributed by atoms with van der Waals surface area (Å²) >= 11 is 9.55. The van der Waals surface area contributed by atoms with Crippen LogP contribution < -0.4 is 15.4 Å². The number of halogens is 2. The van der Waals surface area contributed by atoms with Crippen LogP contribution in [-0.2, 0) is 11.3 Å². The van der Waals surface area contributed by atoms with Crippen LogP contribution in [0, 0.1) is 5.92 Å². The molecule has 1 atom stereocenters. The van der Waals surface area contributed by atoms with Crippen molar-refractivity contribution in [1.82, 2.24) is 10.6 Å². The van der Waals surface area contributed by atoms with Crippen molar-refractivity contribution >= 4 is 45.6 Å². The minimum Gasteiger partial charge on any atom is -0.490 e. The quantitative estimate of drug-likeness (QED) is 0.414. The number of carbonyl (C=O) groups excluding carboxylic acids is 1. The average molecular weight is 476 g/mol. The van der Waals surface area contributed by atoms with E-state index in [4.69, 9.17) is 16.3 Å². The predicted octanol–water partition coefficient (Wildman–Crippen LogP) is 5.06. The molecule has 6 heteroatoms. The maximum absolute atomic E-state index is 12.3. The summed E-state index contributed by atoms with van der Waals surface area (Å²) in [6.45, 7) is 6.24. The van der Waals surface area contributed by atoms with Gasteiger partial charge in [0.1, 0.15) is 12.4 Å². The summed E-state index contributed by atoms with van der Waals surface area (Å²) in [5, 5.41) is 6.95. The third-order valence-corrected chi connectivity index (χ3v) is 5.59. The van der Waals surface area contributed by atoms with Crippen molar-refractivity contribution in [1.29, 1.82) is 0 Å². The Kier molecular flexibility index (Phi) is 7.92. The lowest BCUT2D eigenvalue weighted by Gasteiger charge is -2.12. The SMILES string of the molecule is C=CCOc1cc(/C=C/c2ccc(Cl)cc2Br)cc(CNC(=O)[C@H]2CCNC2)c1. The van der Waals surface area contributed by atoms with Gasteiger partial charge in [-0.25, -0.2) is 0 Å². The van der Waals surface area contributed by atoms with E-state index in [2.05, 4.69) is 33.1 Å². The maximum Gasteiger partial charge on any atom is 0.224 e. The van der Waals surface area contributed by atoms with Crippen molar-refractivity contribution in [3.63, 3.8) is 0 Å². The molecule has 1 saturated heterocycles. The van der Waals surface area contributed by atoms with Gasteiger partial charge in [-0.15, -0.1) is 0 Å². The molecule has 2 aromatic rings. The van der Waals surface area contributed by atoms with Crippen molar-refractivity contribution in [2.24, 2.45) is 5.92 Å². The molecule has 0 aliphatic carbocycles. The van der Waals surface area contributed by atoms with Gasteiger partial charge in [0.2, 0.25) is 5.91 Å². The molecule has 1 fully saturated rings. The first-order valence-corrected chi connectivity index (χ1v) is 10.7. The molecule has 0 spiro atoms. The highest BCUT2D eigenvalue weighted by Gasteiger charge is 2.21. The molecule has 0 aromatic heterocycles. The molecule has 2 aromatic carbocycles. The fourth-order valence-electron chi connectivity index (χ4n) is 3.16. The van der Waals surface area contributed by atoms with Gasteiger partial charge in [-0.05, 0) is 60.0 Å². The van der Waals surface area contributed by atoms with E-state index in [1.54, 1.807) is 6.08 Å². The zero-order valence-electron chi connectivity index (χ0n) is 16.1. The summed E-state index contributed by atoms with van der Waals surface area (Å²) in [5.41, 5.74) is 3.00. The zero-order chi connectivity index (χ0) is 20.6. The normalized spacial score (nSPS) is 16.1. The molecule has 0 radical (unpaired) electrons. The monoisotopic (exact) mass is 474 g/mol. The van der Waals surface area contributed by atoms with E-state index in [9.17, 15) is 4.79 Å². The summed E-state index contributed by atoms with van der Waals surface area (Å²) < 4.78 is 6.66. The Balaban J connectivity index is 1.76. The van der Waals surface area contributed by atoms with E-state index in [0.29, 0.717) is 18.2 Å². The van der Waals surface area contributed by atoms with Crippen LogP contribution in [-0.4, -0.2) is 25.6 Å². The fourth-order valence-corrected chi connectivity index (χ4v) is 3.97. The van der Waals surface area contributed by atoms with Crippen molar-refractivity contribution in [2.45, 2.75) is 13.0 Å². The first-order chi connectivity index (χ1) is 14.0. The lowest BCUT2D eigenvalue weighted by Crippen LogP contribution is -2.31. The summed E-state index contributed by atoms with van der Waals surface area (Å²) in [5.74, 6) is 0.889. The van der Waals surface area contributed by atoms with Crippen molar-refractivity contribution in [3.05, 3.63) is 75.2 Å². The fraction of sp³-hybridized carbons (Fsp3) is 0.261. The minimum atomic E-state index is 0.0526. The van der Waals surface area contributed by atoms with Gasteiger partial charge in [-0.3, -0.25) is 4.79 Å². The van der Waals surface area contributed by atoms with Gasteiger partial charge in [-0.1, -0.05) is 58.4 Å². The van der Waals surface area contributed by atoms with Crippen LogP contribution in [0.4, 0.5) is 0 Å². The second-order valence-electron chi connectivity index (χ2n) is 6.92. The van der Waals surface area contributed by atoms with Crippen LogP contribution >= 0.6 is 27.5 Å². The van der Waals surface area contributed by atoms with Gasteiger partial charge < -0.3 is 15.4 Å². The van der Waals surface area contributed by atoms with Gasteiger partial charge in [0, 0.05) is 22.6 Å². The van der Waals surface area contributed by atoms with Gasteiger partial charge in [0.15, 0.2) is 0 Å². The molecule has 0 unspecified atom stereocenters. The summed E-state index contributed by atoms with van der Waals surface area (Å²) in [6.07, 6.45) is 6.63. The second-order valence-corrected chi connectivity index (χ2v) is 8.21. The smallest absolute Gasteiger partial charge is 0.224 e. The number of amides is 1. The van der Waals surface area contributed by atoms with E-state index >= 15 is 0 Å². The number of rotatable bonds is 8. The van der Waals surface area contributed by atoms with Gasteiger partial charge in [0.25, 0.3) is 0 Å². The van der Waals surface area contributed by atoms with E-state index in [0.717, 1.165) is 46.4 Å². The summed E-state index contributed by atoms with van der Waals surface area (Å²) in [4.78, 5) is 12.3. The zero-order valence-corrected chi connectivity index (χ0v) is 18.4. The first-order valence-electron chi connectivity index (χ1n) is 9.54. The first kappa shape index (κ1) is 21.6. The number of hydrogen-bond donors (Lipinski definition) is 2. The maximum atomic E-state index is 12.3. The summed E-state index contributed by atoms with van der Waals surface area (Å²) in [7, 11) is 0. The molecule has 29 heavy (non-hydrogen) atoms. The topological polar surface area (TPSA) is 50.4 Å². The number of hydrogen-bond acceptors (Lipinski definition) is 3. The lowest BCUT2D eigenvalue weighted by atomic mass is 10.1.